The van der Waals surface area contributed by atoms with E-state index in [0.29, 0.717) is 16.3 Å². The van der Waals surface area contributed by atoms with Gasteiger partial charge in [-0.1, -0.05) is 53.5 Å². The van der Waals surface area contributed by atoms with Gasteiger partial charge in [0, 0.05) is 44.9 Å². The Morgan fingerprint density at radius 2 is 1.62 bits per heavy atom. The second-order valence-electron chi connectivity index (χ2n) is 4.85. The van der Waals surface area contributed by atoms with Crippen LogP contribution in [0.3, 0.4) is 0 Å². The summed E-state index contributed by atoms with van der Waals surface area (Å²) in [4.78, 5) is 16.3. The standard InChI is InChI=1S/C18H12Cl2N2O.Au/c19-13-9-7-12(8-10-13)14-4-1-2-6-16(14)22-18(23)15-5-3-11-21-17(15)20;/h1-11H,(H,22,23);. The molecule has 24 heavy (non-hydrogen) atoms. The largest absolute Gasteiger partial charge is 0.321 e. The number of amides is 1. The monoisotopic (exact) mass is 539 g/mol. The van der Waals surface area contributed by atoms with Gasteiger partial charge < -0.3 is 5.32 Å². The summed E-state index contributed by atoms with van der Waals surface area (Å²) in [6, 6.07) is 18.3. The molecule has 0 bridgehead atoms. The zero-order valence-corrected chi connectivity index (χ0v) is 15.9. The number of carbonyl (C=O) groups is 1. The van der Waals surface area contributed by atoms with Crippen LogP contribution in [0.15, 0.2) is 66.9 Å². The average Bonchev–Trinajstić information content (AvgIpc) is 2.56. The summed E-state index contributed by atoms with van der Waals surface area (Å²) in [7, 11) is 0. The van der Waals surface area contributed by atoms with Crippen LogP contribution in [-0.2, 0) is 22.4 Å². The fourth-order valence-corrected chi connectivity index (χ4v) is 2.55. The van der Waals surface area contributed by atoms with Crippen molar-refractivity contribution in [2.45, 2.75) is 0 Å². The van der Waals surface area contributed by atoms with Gasteiger partial charge >= 0.3 is 0 Å². The van der Waals surface area contributed by atoms with E-state index in [9.17, 15) is 4.79 Å². The molecular weight excluding hydrogens is 528 g/mol. The van der Waals surface area contributed by atoms with Crippen molar-refractivity contribution < 1.29 is 27.2 Å². The van der Waals surface area contributed by atoms with Gasteiger partial charge in [-0.25, -0.2) is 4.98 Å². The smallest absolute Gasteiger partial charge is 0.258 e. The molecule has 1 heterocycles. The summed E-state index contributed by atoms with van der Waals surface area (Å²) in [6.07, 6.45) is 1.54. The molecule has 125 valence electrons. The third-order valence-electron chi connectivity index (χ3n) is 3.33. The van der Waals surface area contributed by atoms with Crippen molar-refractivity contribution in [2.75, 3.05) is 5.32 Å². The van der Waals surface area contributed by atoms with Crippen LogP contribution in [0.2, 0.25) is 10.2 Å². The van der Waals surface area contributed by atoms with Gasteiger partial charge in [-0.3, -0.25) is 4.79 Å². The number of aromatic nitrogens is 1. The Morgan fingerprint density at radius 1 is 0.917 bits per heavy atom. The zero-order valence-electron chi connectivity index (χ0n) is 12.3. The molecule has 0 aliphatic heterocycles. The van der Waals surface area contributed by atoms with Crippen molar-refractivity contribution in [1.82, 2.24) is 4.98 Å². The molecule has 0 aliphatic rings. The van der Waals surface area contributed by atoms with Gasteiger partial charge in [0.1, 0.15) is 5.15 Å². The first-order chi connectivity index (χ1) is 11.1. The normalized spacial score (nSPS) is 9.92. The van der Waals surface area contributed by atoms with Crippen molar-refractivity contribution >= 4 is 34.8 Å². The van der Waals surface area contributed by atoms with Crippen LogP contribution in [-0.4, -0.2) is 10.9 Å². The number of nitrogens with zero attached hydrogens (tertiary/aromatic N) is 1. The van der Waals surface area contributed by atoms with E-state index in [1.165, 1.54) is 0 Å². The van der Waals surface area contributed by atoms with Crippen LogP contribution in [0.4, 0.5) is 5.69 Å². The summed E-state index contributed by atoms with van der Waals surface area (Å²) in [5.41, 5.74) is 2.89. The van der Waals surface area contributed by atoms with E-state index in [-0.39, 0.29) is 33.4 Å². The van der Waals surface area contributed by atoms with Gasteiger partial charge in [0.15, 0.2) is 0 Å². The van der Waals surface area contributed by atoms with Crippen LogP contribution < -0.4 is 5.32 Å². The van der Waals surface area contributed by atoms with E-state index in [2.05, 4.69) is 10.3 Å². The predicted molar refractivity (Wildman–Crippen MR) is 94.1 cm³/mol. The fourth-order valence-electron chi connectivity index (χ4n) is 2.22. The number of rotatable bonds is 3. The summed E-state index contributed by atoms with van der Waals surface area (Å²) in [5, 5.41) is 3.72. The molecule has 1 amide bonds. The Balaban J connectivity index is 0.00000208. The quantitative estimate of drug-likeness (QED) is 0.362. The molecule has 0 unspecified atom stereocenters. The molecule has 0 saturated heterocycles. The number of hydrogen-bond acceptors (Lipinski definition) is 2. The van der Waals surface area contributed by atoms with E-state index < -0.39 is 0 Å². The predicted octanol–water partition coefficient (Wildman–Crippen LogP) is 5.31. The molecule has 2 aromatic carbocycles. The Morgan fingerprint density at radius 3 is 2.33 bits per heavy atom. The van der Waals surface area contributed by atoms with Crippen LogP contribution >= 0.6 is 23.2 Å². The van der Waals surface area contributed by atoms with Crippen LogP contribution in [0, 0.1) is 0 Å². The number of pyridine rings is 1. The summed E-state index contributed by atoms with van der Waals surface area (Å²) in [5.74, 6) is -0.301. The molecule has 3 aromatic rings. The third-order valence-corrected chi connectivity index (χ3v) is 3.89. The summed E-state index contributed by atoms with van der Waals surface area (Å²) >= 11 is 11.9. The molecule has 0 atom stereocenters. The first-order valence-corrected chi connectivity index (χ1v) is 7.67. The summed E-state index contributed by atoms with van der Waals surface area (Å²) in [6.45, 7) is 0. The van der Waals surface area contributed by atoms with Crippen molar-refractivity contribution in [3.63, 3.8) is 0 Å². The van der Waals surface area contributed by atoms with Gasteiger partial charge in [-0.2, -0.15) is 0 Å². The molecule has 1 aromatic heterocycles. The molecule has 0 spiro atoms. The van der Waals surface area contributed by atoms with Gasteiger partial charge in [-0.05, 0) is 35.9 Å². The molecule has 0 aliphatic carbocycles. The first kappa shape index (κ1) is 18.7. The van der Waals surface area contributed by atoms with Crippen LogP contribution in [0.1, 0.15) is 10.4 Å². The van der Waals surface area contributed by atoms with E-state index in [0.717, 1.165) is 11.1 Å². The SMILES string of the molecule is O=C(Nc1ccccc1-c1ccc(Cl)cc1)c1cccnc1Cl.[Au]. The zero-order chi connectivity index (χ0) is 16.2. The van der Waals surface area contributed by atoms with E-state index >= 15 is 0 Å². The average molecular weight is 540 g/mol. The molecule has 6 heteroatoms. The Kier molecular flexibility index (Phi) is 6.60. The van der Waals surface area contributed by atoms with Gasteiger partial charge in [0.2, 0.25) is 0 Å². The van der Waals surface area contributed by atoms with Gasteiger partial charge in [-0.15, -0.1) is 0 Å². The number of carbonyl (C=O) groups excluding carboxylic acids is 1. The number of nitrogens with one attached hydrogen (secondary N) is 1. The molecule has 3 nitrogen and oxygen atoms in total. The molecule has 0 saturated carbocycles. The number of anilines is 1. The molecular formula is C18H12AuCl2N2O. The Hall–Kier alpha value is -1.62. The molecule has 1 radical (unpaired) electrons. The van der Waals surface area contributed by atoms with Crippen molar-refractivity contribution in [2.24, 2.45) is 0 Å². The number of benzene rings is 2. The van der Waals surface area contributed by atoms with Crippen molar-refractivity contribution in [3.8, 4) is 11.1 Å². The number of hydrogen-bond donors (Lipinski definition) is 1. The summed E-state index contributed by atoms with van der Waals surface area (Å²) < 4.78 is 0. The topological polar surface area (TPSA) is 42.0 Å². The second-order valence-corrected chi connectivity index (χ2v) is 5.64. The third kappa shape index (κ3) is 4.26. The van der Waals surface area contributed by atoms with E-state index in [1.807, 2.05) is 48.5 Å². The molecule has 0 fully saturated rings. The van der Waals surface area contributed by atoms with E-state index in [1.54, 1.807) is 18.3 Å². The van der Waals surface area contributed by atoms with Gasteiger partial charge in [0.05, 0.1) is 5.56 Å². The van der Waals surface area contributed by atoms with Crippen molar-refractivity contribution in [1.29, 1.82) is 0 Å². The van der Waals surface area contributed by atoms with Gasteiger partial charge in [0.25, 0.3) is 5.91 Å². The number of halogens is 2. The number of para-hydroxylation sites is 1. The Labute approximate surface area is 165 Å². The van der Waals surface area contributed by atoms with E-state index in [4.69, 9.17) is 23.2 Å². The fraction of sp³-hybridized carbons (Fsp3) is 0. The van der Waals surface area contributed by atoms with Crippen LogP contribution in [0.25, 0.3) is 11.1 Å². The minimum atomic E-state index is -0.301. The minimum Gasteiger partial charge on any atom is -0.321 e. The first-order valence-electron chi connectivity index (χ1n) is 6.92. The Bertz CT molecular complexity index is 854. The van der Waals surface area contributed by atoms with Crippen molar-refractivity contribution in [3.05, 3.63) is 82.6 Å². The molecule has 1 N–H and O–H groups in total. The molecule has 3 rings (SSSR count). The van der Waals surface area contributed by atoms with Crippen LogP contribution in [0.5, 0.6) is 0 Å². The maximum Gasteiger partial charge on any atom is 0.258 e. The second kappa shape index (κ2) is 8.47. The minimum absolute atomic E-state index is 0. The maximum atomic E-state index is 12.4. The maximum absolute atomic E-state index is 12.4.